The predicted molar refractivity (Wildman–Crippen MR) is 69.4 cm³/mol. The number of carbonyl (C=O) groups excluding carboxylic acids is 1. The molecule has 3 N–H and O–H groups in total. The van der Waals surface area contributed by atoms with E-state index in [1.54, 1.807) is 0 Å². The Kier molecular flexibility index (Phi) is 5.22. The first-order valence-electron chi connectivity index (χ1n) is 5.04. The molecule has 1 amide bonds. The van der Waals surface area contributed by atoms with Crippen LogP contribution in [0.2, 0.25) is 0 Å². The molecule has 0 bridgehead atoms. The quantitative estimate of drug-likeness (QED) is 0.830. The van der Waals surface area contributed by atoms with Gasteiger partial charge in [0, 0.05) is 23.1 Å². The summed E-state index contributed by atoms with van der Waals surface area (Å²) in [7, 11) is 0. The molecule has 0 unspecified atom stereocenters. The molecule has 0 fully saturated rings. The molecule has 1 rings (SSSR count). The van der Waals surface area contributed by atoms with Crippen molar-refractivity contribution in [3.63, 3.8) is 0 Å². The average molecular weight is 283 g/mol. The summed E-state index contributed by atoms with van der Waals surface area (Å²) in [5, 5.41) is 2.78. The van der Waals surface area contributed by atoms with Gasteiger partial charge in [-0.05, 0) is 24.6 Å². The summed E-state index contributed by atoms with van der Waals surface area (Å²) >= 11 is 3.40. The average Bonchev–Trinajstić information content (AvgIpc) is 2.28. The monoisotopic (exact) mass is 282 g/mol. The number of rotatable bonds is 4. The maximum atomic E-state index is 11.7. The number of hydrogen-bond donors (Lipinski definition) is 2. The predicted octanol–water partition coefficient (Wildman–Crippen LogP) is 2.00. The number of amides is 1. The van der Waals surface area contributed by atoms with Gasteiger partial charge in [-0.15, -0.1) is 0 Å². The first kappa shape index (κ1) is 12.9. The van der Waals surface area contributed by atoms with Crippen molar-refractivity contribution in [2.45, 2.75) is 6.92 Å². The molecule has 0 aliphatic rings. The van der Waals surface area contributed by atoms with E-state index in [-0.39, 0.29) is 5.91 Å². The molecule has 0 aromatic heterocycles. The Labute approximate surface area is 104 Å². The van der Waals surface area contributed by atoms with Gasteiger partial charge in [0.25, 0.3) is 5.91 Å². The minimum absolute atomic E-state index is 0.0811. The van der Waals surface area contributed by atoms with Crippen LogP contribution >= 0.6 is 15.9 Å². The lowest BCUT2D eigenvalue weighted by Crippen LogP contribution is -2.23. The number of nitrogens with one attached hydrogen (secondary N) is 1. The van der Waals surface area contributed by atoms with Gasteiger partial charge in [-0.3, -0.25) is 4.79 Å². The molecule has 1 aromatic carbocycles. The lowest BCUT2D eigenvalue weighted by molar-refractivity contribution is 0.0958. The highest BCUT2D eigenvalue weighted by Gasteiger charge is 2.05. The Morgan fingerprint density at radius 1 is 1.50 bits per heavy atom. The van der Waals surface area contributed by atoms with E-state index < -0.39 is 0 Å². The van der Waals surface area contributed by atoms with Crippen LogP contribution in [0.3, 0.4) is 0 Å². The van der Waals surface area contributed by atoms with Crippen molar-refractivity contribution in [3.8, 4) is 0 Å². The lowest BCUT2D eigenvalue weighted by atomic mass is 10.1. The van der Waals surface area contributed by atoms with Gasteiger partial charge in [0.2, 0.25) is 0 Å². The zero-order valence-corrected chi connectivity index (χ0v) is 10.8. The zero-order valence-electron chi connectivity index (χ0n) is 9.16. The molecule has 1 aromatic rings. The number of carbonyl (C=O) groups is 1. The maximum absolute atomic E-state index is 11.7. The molecule has 86 valence electrons. The summed E-state index contributed by atoms with van der Waals surface area (Å²) in [5.74, 6) is -0.0811. The molecular weight excluding hydrogens is 268 g/mol. The second-order valence-electron chi connectivity index (χ2n) is 3.38. The Morgan fingerprint density at radius 3 is 2.88 bits per heavy atom. The summed E-state index contributed by atoms with van der Waals surface area (Å²) in [6.45, 7) is 2.98. The van der Waals surface area contributed by atoms with Crippen molar-refractivity contribution in [1.29, 1.82) is 0 Å². The van der Waals surface area contributed by atoms with Crippen LogP contribution in [0.25, 0.3) is 0 Å². The number of nitrogens with two attached hydrogens (primary N) is 1. The second-order valence-corrected chi connectivity index (χ2v) is 4.24. The van der Waals surface area contributed by atoms with E-state index in [1.165, 1.54) is 0 Å². The Balaban J connectivity index is 2.59. The van der Waals surface area contributed by atoms with Gasteiger partial charge in [0.05, 0.1) is 0 Å². The van der Waals surface area contributed by atoms with E-state index in [0.717, 1.165) is 10.0 Å². The molecule has 0 atom stereocenters. The maximum Gasteiger partial charge on any atom is 0.251 e. The molecule has 3 nitrogen and oxygen atoms in total. The number of aryl methyl sites for hydroxylation is 1. The van der Waals surface area contributed by atoms with E-state index in [0.29, 0.717) is 18.7 Å². The highest BCUT2D eigenvalue weighted by atomic mass is 79.9. The standard InChI is InChI=1S/C12H15BrN2O/c1-9-4-5-10(8-11(9)13)12(16)15-7-3-2-6-14/h2-5,8H,6-7,14H2,1H3,(H,15,16)/b3-2+. The summed E-state index contributed by atoms with van der Waals surface area (Å²) in [5.41, 5.74) is 7.05. The molecule has 0 aliphatic heterocycles. The third kappa shape index (κ3) is 3.79. The fourth-order valence-corrected chi connectivity index (χ4v) is 1.55. The van der Waals surface area contributed by atoms with Crippen molar-refractivity contribution in [2.24, 2.45) is 5.73 Å². The topological polar surface area (TPSA) is 55.1 Å². The summed E-state index contributed by atoms with van der Waals surface area (Å²) in [6.07, 6.45) is 3.65. The minimum atomic E-state index is -0.0811. The van der Waals surface area contributed by atoms with E-state index in [4.69, 9.17) is 5.73 Å². The van der Waals surface area contributed by atoms with E-state index in [9.17, 15) is 4.79 Å². The van der Waals surface area contributed by atoms with Gasteiger partial charge < -0.3 is 11.1 Å². The molecule has 0 spiro atoms. The molecule has 0 radical (unpaired) electrons. The van der Waals surface area contributed by atoms with E-state index >= 15 is 0 Å². The van der Waals surface area contributed by atoms with Crippen molar-refractivity contribution < 1.29 is 4.79 Å². The van der Waals surface area contributed by atoms with Crippen LogP contribution in [0.15, 0.2) is 34.8 Å². The summed E-state index contributed by atoms with van der Waals surface area (Å²) in [6, 6.07) is 5.54. The number of hydrogen-bond acceptors (Lipinski definition) is 2. The van der Waals surface area contributed by atoms with Gasteiger partial charge in [-0.2, -0.15) is 0 Å². The first-order chi connectivity index (χ1) is 7.65. The first-order valence-corrected chi connectivity index (χ1v) is 5.84. The van der Waals surface area contributed by atoms with Crippen LogP contribution in [0, 0.1) is 6.92 Å². The van der Waals surface area contributed by atoms with Gasteiger partial charge in [0.15, 0.2) is 0 Å². The van der Waals surface area contributed by atoms with Gasteiger partial charge in [-0.25, -0.2) is 0 Å². The number of benzene rings is 1. The van der Waals surface area contributed by atoms with E-state index in [1.807, 2.05) is 37.3 Å². The van der Waals surface area contributed by atoms with Crippen molar-refractivity contribution in [3.05, 3.63) is 46.0 Å². The third-order valence-corrected chi connectivity index (χ3v) is 2.97. The van der Waals surface area contributed by atoms with Crippen molar-refractivity contribution in [1.82, 2.24) is 5.32 Å². The fourth-order valence-electron chi connectivity index (χ4n) is 1.17. The normalized spacial score (nSPS) is 10.7. The van der Waals surface area contributed by atoms with Crippen LogP contribution in [0.4, 0.5) is 0 Å². The molecule has 16 heavy (non-hydrogen) atoms. The second kappa shape index (κ2) is 6.45. The summed E-state index contributed by atoms with van der Waals surface area (Å²) in [4.78, 5) is 11.7. The highest BCUT2D eigenvalue weighted by molar-refractivity contribution is 9.10. The molecule has 4 heteroatoms. The smallest absolute Gasteiger partial charge is 0.251 e. The minimum Gasteiger partial charge on any atom is -0.349 e. The zero-order chi connectivity index (χ0) is 12.0. The van der Waals surface area contributed by atoms with Crippen LogP contribution in [0.5, 0.6) is 0 Å². The molecular formula is C12H15BrN2O. The van der Waals surface area contributed by atoms with Gasteiger partial charge in [-0.1, -0.05) is 34.1 Å². The van der Waals surface area contributed by atoms with Crippen molar-refractivity contribution in [2.75, 3.05) is 13.1 Å². The highest BCUT2D eigenvalue weighted by Crippen LogP contribution is 2.17. The number of halogens is 1. The molecule has 0 saturated carbocycles. The SMILES string of the molecule is Cc1ccc(C(=O)NC/C=C/CN)cc1Br. The summed E-state index contributed by atoms with van der Waals surface area (Å²) < 4.78 is 0.942. The Bertz CT molecular complexity index is 402. The van der Waals surface area contributed by atoms with Gasteiger partial charge in [0.1, 0.15) is 0 Å². The van der Waals surface area contributed by atoms with Crippen LogP contribution in [-0.2, 0) is 0 Å². The fraction of sp³-hybridized carbons (Fsp3) is 0.250. The molecule has 0 heterocycles. The largest absolute Gasteiger partial charge is 0.349 e. The lowest BCUT2D eigenvalue weighted by Gasteiger charge is -2.04. The Hall–Kier alpha value is -1.13. The van der Waals surface area contributed by atoms with Crippen LogP contribution in [0.1, 0.15) is 15.9 Å². The van der Waals surface area contributed by atoms with Gasteiger partial charge >= 0.3 is 0 Å². The van der Waals surface area contributed by atoms with Crippen molar-refractivity contribution >= 4 is 21.8 Å². The molecule has 0 saturated heterocycles. The third-order valence-electron chi connectivity index (χ3n) is 2.12. The van der Waals surface area contributed by atoms with E-state index in [2.05, 4.69) is 21.2 Å². The van der Waals surface area contributed by atoms with Crippen LogP contribution < -0.4 is 11.1 Å². The molecule has 0 aliphatic carbocycles. The Morgan fingerprint density at radius 2 is 2.25 bits per heavy atom. The van der Waals surface area contributed by atoms with Crippen LogP contribution in [-0.4, -0.2) is 19.0 Å².